The van der Waals surface area contributed by atoms with Gasteiger partial charge in [0, 0.05) is 20.2 Å². The van der Waals surface area contributed by atoms with Crippen LogP contribution in [0.3, 0.4) is 0 Å². The summed E-state index contributed by atoms with van der Waals surface area (Å²) in [5.74, 6) is -1.15. The highest BCUT2D eigenvalue weighted by molar-refractivity contribution is 7.13. The number of hydrogen-bond donors (Lipinski definition) is 1. The van der Waals surface area contributed by atoms with Crippen molar-refractivity contribution in [1.29, 1.82) is 0 Å². The Balaban J connectivity index is 2.03. The van der Waals surface area contributed by atoms with Crippen LogP contribution in [-0.4, -0.2) is 47.1 Å². The average molecular weight is 298 g/mol. The van der Waals surface area contributed by atoms with Gasteiger partial charge in [-0.05, 0) is 19.8 Å². The first-order valence-electron chi connectivity index (χ1n) is 6.50. The number of rotatable bonds is 4. The number of likely N-dealkylation sites (tertiary alicyclic amines) is 1. The van der Waals surface area contributed by atoms with Gasteiger partial charge < -0.3 is 14.7 Å². The summed E-state index contributed by atoms with van der Waals surface area (Å²) in [7, 11) is 1.59. The van der Waals surface area contributed by atoms with Crippen LogP contribution in [0.15, 0.2) is 0 Å². The normalized spacial score (nSPS) is 16.4. The molecule has 0 bridgehead atoms. The lowest BCUT2D eigenvalue weighted by Gasteiger charge is -2.29. The summed E-state index contributed by atoms with van der Waals surface area (Å²) in [6.07, 6.45) is 1.04. The highest BCUT2D eigenvalue weighted by Crippen LogP contribution is 2.24. The predicted octanol–water partition coefficient (Wildman–Crippen LogP) is 1.53. The molecule has 0 aliphatic carbocycles. The lowest BCUT2D eigenvalue weighted by atomic mass is 9.97. The number of carbonyl (C=O) groups excluding carboxylic acids is 1. The van der Waals surface area contributed by atoms with Gasteiger partial charge in [0.15, 0.2) is 0 Å². The fourth-order valence-electron chi connectivity index (χ4n) is 2.31. The lowest BCUT2D eigenvalue weighted by Crippen LogP contribution is -2.40. The van der Waals surface area contributed by atoms with E-state index in [2.05, 4.69) is 4.98 Å². The Kier molecular flexibility index (Phi) is 4.72. The van der Waals surface area contributed by atoms with Crippen molar-refractivity contribution in [2.24, 2.45) is 5.92 Å². The third-order valence-corrected chi connectivity index (χ3v) is 4.55. The summed E-state index contributed by atoms with van der Waals surface area (Å²) in [4.78, 5) is 30.0. The van der Waals surface area contributed by atoms with Crippen molar-refractivity contribution in [3.63, 3.8) is 0 Å². The molecule has 0 spiro atoms. The zero-order valence-corrected chi connectivity index (χ0v) is 12.4. The van der Waals surface area contributed by atoms with Crippen LogP contribution in [0.25, 0.3) is 0 Å². The topological polar surface area (TPSA) is 79.7 Å². The van der Waals surface area contributed by atoms with E-state index in [0.29, 0.717) is 43.1 Å². The van der Waals surface area contributed by atoms with Crippen molar-refractivity contribution >= 4 is 23.2 Å². The van der Waals surface area contributed by atoms with Gasteiger partial charge in [-0.2, -0.15) is 0 Å². The first-order chi connectivity index (χ1) is 9.52. The number of carboxylic acids is 1. The minimum atomic E-state index is -0.770. The first kappa shape index (κ1) is 14.9. The summed E-state index contributed by atoms with van der Waals surface area (Å²) in [5, 5.41) is 9.75. The van der Waals surface area contributed by atoms with E-state index < -0.39 is 5.97 Å². The molecule has 0 saturated carbocycles. The van der Waals surface area contributed by atoms with E-state index in [4.69, 9.17) is 9.84 Å². The molecule has 1 saturated heterocycles. The number of aromatic nitrogens is 1. The van der Waals surface area contributed by atoms with Gasteiger partial charge in [0.2, 0.25) is 0 Å². The molecule has 0 aromatic carbocycles. The summed E-state index contributed by atoms with van der Waals surface area (Å²) < 4.78 is 5.02. The molecule has 0 atom stereocenters. The molecule has 1 aliphatic heterocycles. The van der Waals surface area contributed by atoms with Crippen LogP contribution in [0, 0.1) is 12.8 Å². The maximum absolute atomic E-state index is 12.4. The van der Waals surface area contributed by atoms with Gasteiger partial charge in [-0.15, -0.1) is 11.3 Å². The van der Waals surface area contributed by atoms with E-state index in [1.807, 2.05) is 6.92 Å². The minimum Gasteiger partial charge on any atom is -0.481 e. The fraction of sp³-hybridized carbons (Fsp3) is 0.615. The molecular formula is C13H18N2O4S. The van der Waals surface area contributed by atoms with Crippen LogP contribution in [0.1, 0.15) is 33.2 Å². The van der Waals surface area contributed by atoms with Gasteiger partial charge in [-0.25, -0.2) is 4.98 Å². The maximum atomic E-state index is 12.4. The molecule has 2 heterocycles. The zero-order chi connectivity index (χ0) is 14.7. The number of carboxylic acid groups (broad SMARTS) is 1. The van der Waals surface area contributed by atoms with Crippen molar-refractivity contribution in [3.05, 3.63) is 15.6 Å². The number of carbonyl (C=O) groups is 2. The molecule has 1 aromatic heterocycles. The highest BCUT2D eigenvalue weighted by atomic mass is 32.1. The molecule has 2 rings (SSSR count). The van der Waals surface area contributed by atoms with E-state index in [0.717, 1.165) is 5.01 Å². The Labute approximate surface area is 121 Å². The molecule has 1 fully saturated rings. The standard InChI is InChI=1S/C13H18N2O4S/c1-8-11(20-10(14-8)7-19-2)12(16)15-5-3-9(4-6-15)13(17)18/h9H,3-7H2,1-2H3,(H,17,18). The van der Waals surface area contributed by atoms with Crippen molar-refractivity contribution in [1.82, 2.24) is 9.88 Å². The number of thiazole rings is 1. The van der Waals surface area contributed by atoms with E-state index in [1.54, 1.807) is 12.0 Å². The molecule has 1 N–H and O–H groups in total. The third-order valence-electron chi connectivity index (χ3n) is 3.43. The summed E-state index contributed by atoms with van der Waals surface area (Å²) in [6, 6.07) is 0. The quantitative estimate of drug-likeness (QED) is 0.912. The van der Waals surface area contributed by atoms with E-state index in [9.17, 15) is 9.59 Å². The average Bonchev–Trinajstić information content (AvgIpc) is 2.79. The van der Waals surface area contributed by atoms with Crippen LogP contribution < -0.4 is 0 Å². The van der Waals surface area contributed by atoms with Gasteiger partial charge in [-0.3, -0.25) is 9.59 Å². The molecule has 20 heavy (non-hydrogen) atoms. The molecule has 1 aromatic rings. The van der Waals surface area contributed by atoms with Crippen molar-refractivity contribution in [2.45, 2.75) is 26.4 Å². The summed E-state index contributed by atoms with van der Waals surface area (Å²) >= 11 is 1.35. The Morgan fingerprint density at radius 3 is 2.65 bits per heavy atom. The smallest absolute Gasteiger partial charge is 0.306 e. The van der Waals surface area contributed by atoms with Gasteiger partial charge in [0.05, 0.1) is 18.2 Å². The van der Waals surface area contributed by atoms with Crippen LogP contribution in [0.2, 0.25) is 0 Å². The minimum absolute atomic E-state index is 0.0498. The Morgan fingerprint density at radius 1 is 1.45 bits per heavy atom. The molecule has 0 unspecified atom stereocenters. The predicted molar refractivity (Wildman–Crippen MR) is 73.8 cm³/mol. The van der Waals surface area contributed by atoms with Crippen LogP contribution in [-0.2, 0) is 16.1 Å². The second-order valence-electron chi connectivity index (χ2n) is 4.86. The molecule has 1 amide bonds. The molecule has 0 radical (unpaired) electrons. The van der Waals surface area contributed by atoms with Crippen LogP contribution in [0.4, 0.5) is 0 Å². The van der Waals surface area contributed by atoms with Crippen LogP contribution in [0.5, 0.6) is 0 Å². The number of aliphatic carboxylic acids is 1. The van der Waals surface area contributed by atoms with Gasteiger partial charge in [0.1, 0.15) is 9.88 Å². The van der Waals surface area contributed by atoms with Gasteiger partial charge in [-0.1, -0.05) is 0 Å². The summed E-state index contributed by atoms with van der Waals surface area (Å²) in [6.45, 7) is 3.20. The number of nitrogens with zero attached hydrogens (tertiary/aromatic N) is 2. The van der Waals surface area contributed by atoms with Crippen molar-refractivity contribution in [3.8, 4) is 0 Å². The van der Waals surface area contributed by atoms with Crippen LogP contribution >= 0.6 is 11.3 Å². The largest absolute Gasteiger partial charge is 0.481 e. The Hall–Kier alpha value is -1.47. The molecule has 110 valence electrons. The molecule has 6 nitrogen and oxygen atoms in total. The number of aryl methyl sites for hydroxylation is 1. The molecule has 1 aliphatic rings. The number of methoxy groups -OCH3 is 1. The lowest BCUT2D eigenvalue weighted by molar-refractivity contribution is -0.143. The fourth-order valence-corrected chi connectivity index (χ4v) is 3.31. The van der Waals surface area contributed by atoms with E-state index >= 15 is 0 Å². The van der Waals surface area contributed by atoms with Crippen molar-refractivity contribution < 1.29 is 19.4 Å². The third kappa shape index (κ3) is 3.16. The summed E-state index contributed by atoms with van der Waals surface area (Å²) in [5.41, 5.74) is 0.715. The highest BCUT2D eigenvalue weighted by Gasteiger charge is 2.29. The first-order valence-corrected chi connectivity index (χ1v) is 7.32. The second-order valence-corrected chi connectivity index (χ2v) is 5.94. The number of amides is 1. The van der Waals surface area contributed by atoms with Gasteiger partial charge in [0.25, 0.3) is 5.91 Å². The second kappa shape index (κ2) is 6.32. The number of hydrogen-bond acceptors (Lipinski definition) is 5. The van der Waals surface area contributed by atoms with Gasteiger partial charge >= 0.3 is 5.97 Å². The molecule has 7 heteroatoms. The molecular weight excluding hydrogens is 280 g/mol. The van der Waals surface area contributed by atoms with E-state index in [1.165, 1.54) is 11.3 Å². The zero-order valence-electron chi connectivity index (χ0n) is 11.6. The number of piperidine rings is 1. The monoisotopic (exact) mass is 298 g/mol. The Morgan fingerprint density at radius 2 is 2.10 bits per heavy atom. The van der Waals surface area contributed by atoms with E-state index in [-0.39, 0.29) is 11.8 Å². The van der Waals surface area contributed by atoms with Crippen molar-refractivity contribution in [2.75, 3.05) is 20.2 Å². The Bertz CT molecular complexity index is 506. The number of ether oxygens (including phenoxy) is 1. The SMILES string of the molecule is COCc1nc(C)c(C(=O)N2CCC(C(=O)O)CC2)s1. The maximum Gasteiger partial charge on any atom is 0.306 e.